The molecule has 19 heavy (non-hydrogen) atoms. The van der Waals surface area contributed by atoms with Crippen molar-refractivity contribution in [2.24, 2.45) is 17.6 Å². The van der Waals surface area contributed by atoms with Gasteiger partial charge in [0.15, 0.2) is 5.82 Å². The molecule has 1 saturated carbocycles. The van der Waals surface area contributed by atoms with Crippen molar-refractivity contribution in [2.75, 3.05) is 0 Å². The van der Waals surface area contributed by atoms with Gasteiger partial charge in [0.1, 0.15) is 0 Å². The Kier molecular flexibility index (Phi) is 3.74. The lowest BCUT2D eigenvalue weighted by Gasteiger charge is -2.37. The first kappa shape index (κ1) is 14.5. The smallest absolute Gasteiger partial charge is 0.232 e. The van der Waals surface area contributed by atoms with E-state index in [1.54, 1.807) is 0 Å². The molecule has 0 radical (unpaired) electrons. The van der Waals surface area contributed by atoms with Crippen LogP contribution in [0, 0.1) is 11.8 Å². The zero-order valence-corrected chi connectivity index (χ0v) is 12.9. The Morgan fingerprint density at radius 2 is 2.05 bits per heavy atom. The van der Waals surface area contributed by atoms with E-state index in [9.17, 15) is 0 Å². The highest BCUT2D eigenvalue weighted by molar-refractivity contribution is 5.09. The van der Waals surface area contributed by atoms with E-state index in [4.69, 9.17) is 10.3 Å². The lowest BCUT2D eigenvalue weighted by atomic mass is 9.72. The van der Waals surface area contributed by atoms with Crippen molar-refractivity contribution in [3.63, 3.8) is 0 Å². The normalized spacial score (nSPS) is 28.9. The maximum absolute atomic E-state index is 6.58. The van der Waals surface area contributed by atoms with Crippen LogP contribution in [0.3, 0.4) is 0 Å². The van der Waals surface area contributed by atoms with Gasteiger partial charge in [-0.1, -0.05) is 52.6 Å². The summed E-state index contributed by atoms with van der Waals surface area (Å²) in [5, 5.41) is 4.16. The van der Waals surface area contributed by atoms with Gasteiger partial charge in [0.2, 0.25) is 5.89 Å². The number of hydrogen-bond donors (Lipinski definition) is 1. The third-order valence-corrected chi connectivity index (χ3v) is 4.28. The molecule has 1 aromatic rings. The van der Waals surface area contributed by atoms with Gasteiger partial charge in [0.05, 0.1) is 5.54 Å². The Bertz CT molecular complexity index is 433. The second-order valence-corrected chi connectivity index (χ2v) is 7.43. The van der Waals surface area contributed by atoms with Crippen LogP contribution in [0.1, 0.15) is 72.0 Å². The third kappa shape index (κ3) is 2.99. The molecule has 4 heteroatoms. The third-order valence-electron chi connectivity index (χ3n) is 4.28. The Hall–Kier alpha value is -0.900. The average molecular weight is 265 g/mol. The summed E-state index contributed by atoms with van der Waals surface area (Å²) in [5.74, 6) is 2.70. The molecule has 0 spiro atoms. The number of nitrogens with two attached hydrogens (primary N) is 1. The van der Waals surface area contributed by atoms with Crippen molar-refractivity contribution in [3.05, 3.63) is 11.7 Å². The summed E-state index contributed by atoms with van der Waals surface area (Å²) >= 11 is 0. The molecule has 2 atom stereocenters. The van der Waals surface area contributed by atoms with Crippen LogP contribution in [-0.4, -0.2) is 10.1 Å². The summed E-state index contributed by atoms with van der Waals surface area (Å²) in [4.78, 5) is 4.57. The van der Waals surface area contributed by atoms with Crippen LogP contribution in [0.25, 0.3) is 0 Å². The Morgan fingerprint density at radius 3 is 2.58 bits per heavy atom. The molecule has 0 aliphatic heterocycles. The second-order valence-electron chi connectivity index (χ2n) is 7.43. The molecule has 1 aliphatic carbocycles. The van der Waals surface area contributed by atoms with Gasteiger partial charge >= 0.3 is 0 Å². The number of aromatic nitrogens is 2. The first-order valence-electron chi connectivity index (χ1n) is 7.36. The van der Waals surface area contributed by atoms with E-state index < -0.39 is 5.54 Å². The van der Waals surface area contributed by atoms with Crippen molar-refractivity contribution in [1.82, 2.24) is 10.1 Å². The number of rotatable bonds is 2. The van der Waals surface area contributed by atoms with E-state index >= 15 is 0 Å². The van der Waals surface area contributed by atoms with E-state index in [-0.39, 0.29) is 5.41 Å². The number of nitrogens with zero attached hydrogens (tertiary/aromatic N) is 2. The molecule has 0 bridgehead atoms. The molecule has 0 aromatic carbocycles. The van der Waals surface area contributed by atoms with Gasteiger partial charge < -0.3 is 10.3 Å². The Morgan fingerprint density at radius 1 is 1.37 bits per heavy atom. The summed E-state index contributed by atoms with van der Waals surface area (Å²) in [5.41, 5.74) is 6.06. The second kappa shape index (κ2) is 4.89. The van der Waals surface area contributed by atoms with Gasteiger partial charge in [-0.05, 0) is 24.7 Å². The van der Waals surface area contributed by atoms with Crippen LogP contribution >= 0.6 is 0 Å². The first-order chi connectivity index (χ1) is 8.72. The van der Waals surface area contributed by atoms with E-state index in [1.165, 1.54) is 6.42 Å². The molecule has 1 heterocycles. The molecule has 0 saturated heterocycles. The molecule has 1 aliphatic rings. The fraction of sp³-hybridized carbons (Fsp3) is 0.867. The lowest BCUT2D eigenvalue weighted by Crippen LogP contribution is -2.43. The largest absolute Gasteiger partial charge is 0.339 e. The minimum Gasteiger partial charge on any atom is -0.339 e. The lowest BCUT2D eigenvalue weighted by molar-refractivity contribution is 0.173. The van der Waals surface area contributed by atoms with E-state index in [1.807, 2.05) is 0 Å². The molecular formula is C15H27N3O. The van der Waals surface area contributed by atoms with Crippen LogP contribution in [0.5, 0.6) is 0 Å². The van der Waals surface area contributed by atoms with Gasteiger partial charge in [-0.2, -0.15) is 4.98 Å². The predicted octanol–water partition coefficient (Wildman–Crippen LogP) is 3.37. The predicted molar refractivity (Wildman–Crippen MR) is 75.7 cm³/mol. The molecular weight excluding hydrogens is 238 g/mol. The van der Waals surface area contributed by atoms with Gasteiger partial charge in [-0.25, -0.2) is 0 Å². The van der Waals surface area contributed by atoms with Crippen LogP contribution < -0.4 is 5.73 Å². The summed E-state index contributed by atoms with van der Waals surface area (Å²) < 4.78 is 5.40. The van der Waals surface area contributed by atoms with Crippen LogP contribution in [0.4, 0.5) is 0 Å². The highest BCUT2D eigenvalue weighted by atomic mass is 16.5. The quantitative estimate of drug-likeness (QED) is 0.890. The zero-order chi connectivity index (χ0) is 14.3. The Balaban J connectivity index is 2.22. The topological polar surface area (TPSA) is 64.9 Å². The van der Waals surface area contributed by atoms with Crippen molar-refractivity contribution >= 4 is 0 Å². The number of hydrogen-bond acceptors (Lipinski definition) is 4. The molecule has 2 N–H and O–H groups in total. The summed E-state index contributed by atoms with van der Waals surface area (Å²) in [6.45, 7) is 10.8. The van der Waals surface area contributed by atoms with Crippen molar-refractivity contribution in [3.8, 4) is 0 Å². The molecule has 108 valence electrons. The van der Waals surface area contributed by atoms with Gasteiger partial charge in [-0.15, -0.1) is 0 Å². The van der Waals surface area contributed by atoms with Crippen LogP contribution in [-0.2, 0) is 11.0 Å². The van der Waals surface area contributed by atoms with Crippen LogP contribution in [0.2, 0.25) is 0 Å². The average Bonchev–Trinajstić information content (AvgIpc) is 2.78. The maximum Gasteiger partial charge on any atom is 0.232 e. The van der Waals surface area contributed by atoms with Crippen molar-refractivity contribution in [2.45, 2.75) is 71.3 Å². The zero-order valence-electron chi connectivity index (χ0n) is 12.9. The summed E-state index contributed by atoms with van der Waals surface area (Å²) in [7, 11) is 0. The summed E-state index contributed by atoms with van der Waals surface area (Å²) in [6.07, 6.45) is 4.34. The molecule has 4 nitrogen and oxygen atoms in total. The van der Waals surface area contributed by atoms with Crippen LogP contribution in [0.15, 0.2) is 4.52 Å². The van der Waals surface area contributed by atoms with E-state index in [2.05, 4.69) is 44.8 Å². The SMILES string of the molecule is CC(C)C1CCCC(N)(c2noc(C(C)(C)C)n2)C1. The molecule has 2 rings (SSSR count). The molecule has 1 fully saturated rings. The van der Waals surface area contributed by atoms with E-state index in [0.29, 0.717) is 23.6 Å². The van der Waals surface area contributed by atoms with Gasteiger partial charge in [0, 0.05) is 5.41 Å². The van der Waals surface area contributed by atoms with Crippen molar-refractivity contribution in [1.29, 1.82) is 0 Å². The highest BCUT2D eigenvalue weighted by Crippen LogP contribution is 2.40. The first-order valence-corrected chi connectivity index (χ1v) is 7.36. The monoisotopic (exact) mass is 265 g/mol. The van der Waals surface area contributed by atoms with E-state index in [0.717, 1.165) is 19.3 Å². The van der Waals surface area contributed by atoms with Crippen molar-refractivity contribution < 1.29 is 4.52 Å². The fourth-order valence-corrected chi connectivity index (χ4v) is 2.85. The molecule has 2 unspecified atom stereocenters. The fourth-order valence-electron chi connectivity index (χ4n) is 2.85. The maximum atomic E-state index is 6.58. The summed E-state index contributed by atoms with van der Waals surface area (Å²) in [6, 6.07) is 0. The minimum atomic E-state index is -0.403. The minimum absolute atomic E-state index is 0.117. The molecule has 1 aromatic heterocycles. The Labute approximate surface area is 116 Å². The highest BCUT2D eigenvalue weighted by Gasteiger charge is 2.39. The van der Waals surface area contributed by atoms with Gasteiger partial charge in [0.25, 0.3) is 0 Å². The standard InChI is InChI=1S/C15H27N3O/c1-10(2)11-7-6-8-15(16,9-11)12-17-13(19-18-12)14(3,4)5/h10-11H,6-9,16H2,1-5H3. The van der Waals surface area contributed by atoms with Gasteiger partial charge in [-0.3, -0.25) is 0 Å². The molecule has 0 amide bonds.